The van der Waals surface area contributed by atoms with Crippen molar-refractivity contribution in [3.8, 4) is 5.75 Å². The smallest absolute Gasteiger partial charge is 0.429 e. The lowest BCUT2D eigenvalue weighted by molar-refractivity contribution is 0.0560. The van der Waals surface area contributed by atoms with Crippen molar-refractivity contribution in [1.29, 1.82) is 0 Å². The zero-order valence-electron chi connectivity index (χ0n) is 13.6. The summed E-state index contributed by atoms with van der Waals surface area (Å²) in [5, 5.41) is 11.0. The van der Waals surface area contributed by atoms with Crippen molar-refractivity contribution >= 4 is 11.8 Å². The fourth-order valence-electron chi connectivity index (χ4n) is 1.97. The number of nitrogens with one attached hydrogen (secondary N) is 1. The molecular formula is C18H22N2O3. The van der Waals surface area contributed by atoms with Crippen molar-refractivity contribution in [2.24, 2.45) is 0 Å². The lowest BCUT2D eigenvalue weighted by Gasteiger charge is -2.28. The first-order chi connectivity index (χ1) is 10.8. The Balaban J connectivity index is 2.19. The van der Waals surface area contributed by atoms with E-state index in [1.165, 1.54) is 11.1 Å². The highest BCUT2D eigenvalue weighted by Gasteiger charge is 2.23. The van der Waals surface area contributed by atoms with Gasteiger partial charge in [-0.2, -0.15) is 0 Å². The van der Waals surface area contributed by atoms with Gasteiger partial charge in [0.2, 0.25) is 0 Å². The number of aromatic hydroxyl groups is 1. The fraction of sp³-hybridized carbons (Fsp3) is 0.278. The predicted molar refractivity (Wildman–Crippen MR) is 90.1 cm³/mol. The van der Waals surface area contributed by atoms with Crippen LogP contribution in [0.15, 0.2) is 54.6 Å². The molecule has 2 aromatic rings. The lowest BCUT2D eigenvalue weighted by atomic mass is 10.2. The molecule has 0 aliphatic carbocycles. The van der Waals surface area contributed by atoms with Gasteiger partial charge in [0.1, 0.15) is 11.4 Å². The monoisotopic (exact) mass is 314 g/mol. The number of hydrogen-bond donors (Lipinski definition) is 2. The molecule has 0 heterocycles. The maximum absolute atomic E-state index is 12.5. The van der Waals surface area contributed by atoms with E-state index >= 15 is 0 Å². The third-order valence-corrected chi connectivity index (χ3v) is 2.95. The molecule has 0 aliphatic heterocycles. The van der Waals surface area contributed by atoms with Crippen LogP contribution >= 0.6 is 0 Å². The van der Waals surface area contributed by atoms with Crippen molar-refractivity contribution in [1.82, 2.24) is 5.43 Å². The second-order valence-electron chi connectivity index (χ2n) is 6.16. The number of nitrogens with zero attached hydrogens (tertiary/aromatic N) is 1. The number of carbonyl (C=O) groups excluding carboxylic acids is 1. The Bertz CT molecular complexity index is 651. The van der Waals surface area contributed by atoms with E-state index in [0.29, 0.717) is 12.2 Å². The number of carbonyl (C=O) groups is 1. The van der Waals surface area contributed by atoms with E-state index in [4.69, 9.17) is 4.74 Å². The van der Waals surface area contributed by atoms with Gasteiger partial charge in [-0.25, -0.2) is 15.2 Å². The number of anilines is 1. The zero-order chi connectivity index (χ0) is 16.9. The molecule has 1 amide bonds. The molecule has 0 bridgehead atoms. The fourth-order valence-corrected chi connectivity index (χ4v) is 1.97. The molecular weight excluding hydrogens is 292 g/mol. The molecule has 0 radical (unpaired) electrons. The molecule has 0 saturated heterocycles. The van der Waals surface area contributed by atoms with Crippen molar-refractivity contribution in [2.75, 3.05) is 5.01 Å². The molecule has 5 heteroatoms. The number of phenols is 1. The number of hydrazine groups is 1. The Kier molecular flexibility index (Phi) is 5.24. The molecule has 0 saturated carbocycles. The van der Waals surface area contributed by atoms with Crippen LogP contribution in [-0.2, 0) is 11.3 Å². The Hall–Kier alpha value is -2.53. The Morgan fingerprint density at radius 2 is 1.83 bits per heavy atom. The summed E-state index contributed by atoms with van der Waals surface area (Å²) in [6.45, 7) is 5.88. The topological polar surface area (TPSA) is 61.8 Å². The summed E-state index contributed by atoms with van der Waals surface area (Å²) in [5.41, 5.74) is 3.98. The predicted octanol–water partition coefficient (Wildman–Crippen LogP) is 3.84. The number of benzene rings is 2. The molecule has 122 valence electrons. The molecule has 2 aromatic carbocycles. The van der Waals surface area contributed by atoms with Gasteiger partial charge in [0.25, 0.3) is 0 Å². The molecule has 0 unspecified atom stereocenters. The van der Waals surface area contributed by atoms with Crippen molar-refractivity contribution in [2.45, 2.75) is 32.9 Å². The van der Waals surface area contributed by atoms with E-state index in [0.717, 1.165) is 5.56 Å². The van der Waals surface area contributed by atoms with Gasteiger partial charge in [0, 0.05) is 12.6 Å². The molecule has 2 rings (SSSR count). The average molecular weight is 314 g/mol. The van der Waals surface area contributed by atoms with E-state index in [-0.39, 0.29) is 5.75 Å². The van der Waals surface area contributed by atoms with E-state index in [2.05, 4.69) is 5.43 Å². The maximum Gasteiger partial charge on any atom is 0.429 e. The quantitative estimate of drug-likeness (QED) is 0.842. The van der Waals surface area contributed by atoms with Gasteiger partial charge in [-0.15, -0.1) is 0 Å². The summed E-state index contributed by atoms with van der Waals surface area (Å²) in [4.78, 5) is 12.5. The highest BCUT2D eigenvalue weighted by molar-refractivity contribution is 5.87. The Morgan fingerprint density at radius 3 is 2.43 bits per heavy atom. The molecule has 0 aromatic heterocycles. The first-order valence-corrected chi connectivity index (χ1v) is 7.45. The molecule has 2 N–H and O–H groups in total. The van der Waals surface area contributed by atoms with Crippen LogP contribution < -0.4 is 10.4 Å². The standard InChI is InChI=1S/C18H22N2O3/c1-18(2,3)23-17(22)20(15-10-7-11-16(21)12-15)19-13-14-8-5-4-6-9-14/h4-12,19,21H,13H2,1-3H3. The van der Waals surface area contributed by atoms with E-state index in [1.807, 2.05) is 51.1 Å². The minimum atomic E-state index is -0.611. The van der Waals surface area contributed by atoms with Crippen molar-refractivity contribution in [3.05, 3.63) is 60.2 Å². The SMILES string of the molecule is CC(C)(C)OC(=O)N(NCc1ccccc1)c1cccc(O)c1. The van der Waals surface area contributed by atoms with Gasteiger partial charge in [0.05, 0.1) is 5.69 Å². The number of amides is 1. The molecule has 0 aliphatic rings. The average Bonchev–Trinajstić information content (AvgIpc) is 2.47. The van der Waals surface area contributed by atoms with Crippen LogP contribution in [0.25, 0.3) is 0 Å². The number of hydrogen-bond acceptors (Lipinski definition) is 4. The summed E-state index contributed by atoms with van der Waals surface area (Å²) < 4.78 is 5.43. The van der Waals surface area contributed by atoms with Crippen LogP contribution in [0.2, 0.25) is 0 Å². The van der Waals surface area contributed by atoms with Crippen LogP contribution in [0.1, 0.15) is 26.3 Å². The van der Waals surface area contributed by atoms with Crippen LogP contribution in [0.4, 0.5) is 10.5 Å². The largest absolute Gasteiger partial charge is 0.508 e. The normalized spacial score (nSPS) is 11.1. The highest BCUT2D eigenvalue weighted by atomic mass is 16.6. The Morgan fingerprint density at radius 1 is 1.13 bits per heavy atom. The van der Waals surface area contributed by atoms with Crippen molar-refractivity contribution < 1.29 is 14.6 Å². The highest BCUT2D eigenvalue weighted by Crippen LogP contribution is 2.21. The van der Waals surface area contributed by atoms with Crippen LogP contribution in [0.5, 0.6) is 5.75 Å². The second-order valence-corrected chi connectivity index (χ2v) is 6.16. The summed E-state index contributed by atoms with van der Waals surface area (Å²) in [5.74, 6) is 0.0811. The molecule has 23 heavy (non-hydrogen) atoms. The van der Waals surface area contributed by atoms with Gasteiger partial charge >= 0.3 is 6.09 Å². The second kappa shape index (κ2) is 7.15. The summed E-state index contributed by atoms with van der Waals surface area (Å²) in [6, 6.07) is 16.2. The third-order valence-electron chi connectivity index (χ3n) is 2.95. The minimum absolute atomic E-state index is 0.0811. The summed E-state index contributed by atoms with van der Waals surface area (Å²) >= 11 is 0. The first kappa shape index (κ1) is 16.8. The van der Waals surface area contributed by atoms with Gasteiger partial charge < -0.3 is 9.84 Å². The number of ether oxygens (including phenoxy) is 1. The molecule has 0 atom stereocenters. The van der Waals surface area contributed by atoms with Crippen LogP contribution in [-0.4, -0.2) is 16.8 Å². The molecule has 5 nitrogen and oxygen atoms in total. The van der Waals surface area contributed by atoms with Gasteiger partial charge in [0.15, 0.2) is 0 Å². The summed E-state index contributed by atoms with van der Waals surface area (Å²) in [6.07, 6.45) is -0.529. The van der Waals surface area contributed by atoms with Gasteiger partial charge in [-0.05, 0) is 38.5 Å². The van der Waals surface area contributed by atoms with E-state index in [9.17, 15) is 9.90 Å². The zero-order valence-corrected chi connectivity index (χ0v) is 13.6. The minimum Gasteiger partial charge on any atom is -0.508 e. The van der Waals surface area contributed by atoms with Crippen LogP contribution in [0, 0.1) is 0 Å². The van der Waals surface area contributed by atoms with Gasteiger partial charge in [-0.1, -0.05) is 36.4 Å². The molecule has 0 spiro atoms. The van der Waals surface area contributed by atoms with E-state index in [1.54, 1.807) is 18.2 Å². The van der Waals surface area contributed by atoms with E-state index < -0.39 is 11.7 Å². The first-order valence-electron chi connectivity index (χ1n) is 7.45. The molecule has 0 fully saturated rings. The van der Waals surface area contributed by atoms with Crippen LogP contribution in [0.3, 0.4) is 0 Å². The maximum atomic E-state index is 12.5. The van der Waals surface area contributed by atoms with Gasteiger partial charge in [-0.3, -0.25) is 0 Å². The number of rotatable bonds is 4. The van der Waals surface area contributed by atoms with Crippen molar-refractivity contribution in [3.63, 3.8) is 0 Å². The third kappa shape index (κ3) is 5.30. The number of phenolic OH excluding ortho intramolecular Hbond substituents is 1. The Labute approximate surface area is 136 Å². The summed E-state index contributed by atoms with van der Waals surface area (Å²) in [7, 11) is 0. The lowest BCUT2D eigenvalue weighted by Crippen LogP contribution is -2.45.